The second kappa shape index (κ2) is 9.07. The van der Waals surface area contributed by atoms with Crippen LogP contribution in [0.3, 0.4) is 0 Å². The van der Waals surface area contributed by atoms with E-state index in [0.29, 0.717) is 18.2 Å². The van der Waals surface area contributed by atoms with Crippen molar-refractivity contribution in [1.82, 2.24) is 5.32 Å². The van der Waals surface area contributed by atoms with Crippen LogP contribution in [0, 0.1) is 5.92 Å². The van der Waals surface area contributed by atoms with Gasteiger partial charge < -0.3 is 15.7 Å². The molecule has 1 aromatic rings. The van der Waals surface area contributed by atoms with Crippen LogP contribution in [0.25, 0.3) is 6.08 Å². The molecule has 0 fully saturated rings. The van der Waals surface area contributed by atoms with Crippen molar-refractivity contribution in [3.05, 3.63) is 35.9 Å². The molecule has 1 rings (SSSR count). The first kappa shape index (κ1) is 17.1. The molecule has 0 aromatic heterocycles. The zero-order valence-electron chi connectivity index (χ0n) is 12.1. The van der Waals surface area contributed by atoms with Gasteiger partial charge in [-0.05, 0) is 41.7 Å². The first-order valence-corrected chi connectivity index (χ1v) is 7.95. The van der Waals surface area contributed by atoms with Crippen LogP contribution >= 0.6 is 11.8 Å². The third-order valence-corrected chi connectivity index (χ3v) is 3.55. The van der Waals surface area contributed by atoms with Crippen LogP contribution in [0.1, 0.15) is 12.5 Å². The molecule has 6 heteroatoms. The number of hydrogen-bond acceptors (Lipinski definition) is 3. The number of anilines is 1. The van der Waals surface area contributed by atoms with Gasteiger partial charge in [0.15, 0.2) is 0 Å². The molecule has 3 N–H and O–H groups in total. The minimum Gasteiger partial charge on any atom is -0.478 e. The fourth-order valence-corrected chi connectivity index (χ4v) is 2.32. The smallest absolute Gasteiger partial charge is 0.328 e. The van der Waals surface area contributed by atoms with Crippen LogP contribution in [0.5, 0.6) is 0 Å². The van der Waals surface area contributed by atoms with Crippen LogP contribution in [0.15, 0.2) is 30.3 Å². The number of hydrogen-bond donors (Lipinski definition) is 3. The summed E-state index contributed by atoms with van der Waals surface area (Å²) >= 11 is 1.75. The van der Waals surface area contributed by atoms with Gasteiger partial charge in [0.25, 0.3) is 0 Å². The minimum absolute atomic E-state index is 0.239. The minimum atomic E-state index is -0.990. The molecule has 0 aliphatic heterocycles. The summed E-state index contributed by atoms with van der Waals surface area (Å²) in [6, 6.07) is 6.70. The summed E-state index contributed by atoms with van der Waals surface area (Å²) in [7, 11) is 0. The summed E-state index contributed by atoms with van der Waals surface area (Å²) < 4.78 is 0. The molecule has 21 heavy (non-hydrogen) atoms. The van der Waals surface area contributed by atoms with Crippen LogP contribution in [-0.2, 0) is 4.79 Å². The number of carbonyl (C=O) groups excluding carboxylic acids is 1. The Kier molecular flexibility index (Phi) is 7.39. The number of carboxylic acid groups (broad SMARTS) is 1. The molecule has 0 bridgehead atoms. The Morgan fingerprint density at radius 3 is 2.57 bits per heavy atom. The largest absolute Gasteiger partial charge is 0.478 e. The third kappa shape index (κ3) is 7.41. The lowest BCUT2D eigenvalue weighted by molar-refractivity contribution is -0.131. The van der Waals surface area contributed by atoms with Gasteiger partial charge in [-0.1, -0.05) is 19.1 Å². The normalized spacial score (nSPS) is 12.1. The highest BCUT2D eigenvalue weighted by Gasteiger charge is 2.05. The van der Waals surface area contributed by atoms with Gasteiger partial charge in [-0.2, -0.15) is 11.8 Å². The molecular formula is C15H20N2O3S. The van der Waals surface area contributed by atoms with Gasteiger partial charge in [0.2, 0.25) is 0 Å². The summed E-state index contributed by atoms with van der Waals surface area (Å²) in [6.45, 7) is 2.71. The SMILES string of the molecule is CSCC(C)CNC(=O)Nc1ccc(C=CC(=O)O)cc1. The van der Waals surface area contributed by atoms with Crippen molar-refractivity contribution in [2.75, 3.05) is 23.9 Å². The second-order valence-corrected chi connectivity index (χ2v) is 5.60. The molecule has 0 aliphatic rings. The lowest BCUT2D eigenvalue weighted by Gasteiger charge is -2.12. The Balaban J connectivity index is 2.44. The maximum atomic E-state index is 11.7. The predicted octanol–water partition coefficient (Wildman–Crippen LogP) is 2.91. The van der Waals surface area contributed by atoms with E-state index in [0.717, 1.165) is 17.4 Å². The maximum absolute atomic E-state index is 11.7. The number of carboxylic acids is 1. The average Bonchev–Trinajstić information content (AvgIpc) is 2.45. The summed E-state index contributed by atoms with van der Waals surface area (Å²) in [6.07, 6.45) is 4.61. The van der Waals surface area contributed by atoms with E-state index in [2.05, 4.69) is 17.6 Å². The molecule has 0 radical (unpaired) electrons. The fraction of sp³-hybridized carbons (Fsp3) is 0.333. The molecule has 1 unspecified atom stereocenters. The summed E-state index contributed by atoms with van der Waals surface area (Å²) in [5.74, 6) is 0.440. The van der Waals surface area contributed by atoms with E-state index in [1.807, 2.05) is 6.26 Å². The third-order valence-electron chi connectivity index (χ3n) is 2.65. The van der Waals surface area contributed by atoms with E-state index < -0.39 is 5.97 Å². The van der Waals surface area contributed by atoms with Crippen molar-refractivity contribution in [2.45, 2.75) is 6.92 Å². The van der Waals surface area contributed by atoms with Crippen molar-refractivity contribution >= 4 is 35.5 Å². The standard InChI is InChI=1S/C15H20N2O3S/c1-11(10-21-2)9-16-15(20)17-13-6-3-12(4-7-13)5-8-14(18)19/h3-8,11H,9-10H2,1-2H3,(H,18,19)(H2,16,17,20). The number of rotatable bonds is 7. The van der Waals surface area contributed by atoms with E-state index in [9.17, 15) is 9.59 Å². The Morgan fingerprint density at radius 1 is 1.33 bits per heavy atom. The van der Waals surface area contributed by atoms with Crippen LogP contribution in [-0.4, -0.2) is 35.7 Å². The Bertz CT molecular complexity index is 500. The molecule has 0 saturated carbocycles. The van der Waals surface area contributed by atoms with Gasteiger partial charge in [0, 0.05) is 18.3 Å². The maximum Gasteiger partial charge on any atom is 0.328 e. The number of benzene rings is 1. The number of nitrogens with one attached hydrogen (secondary N) is 2. The summed E-state index contributed by atoms with van der Waals surface area (Å²) in [5.41, 5.74) is 1.43. The zero-order valence-corrected chi connectivity index (χ0v) is 12.9. The molecule has 1 aromatic carbocycles. The second-order valence-electron chi connectivity index (χ2n) is 4.69. The highest BCUT2D eigenvalue weighted by atomic mass is 32.2. The zero-order chi connectivity index (χ0) is 15.7. The van der Waals surface area contributed by atoms with Crippen molar-refractivity contribution < 1.29 is 14.7 Å². The monoisotopic (exact) mass is 308 g/mol. The Hall–Kier alpha value is -1.95. The van der Waals surface area contributed by atoms with Crippen molar-refractivity contribution in [2.24, 2.45) is 5.92 Å². The number of urea groups is 1. The summed E-state index contributed by atoms with van der Waals surface area (Å²) in [5, 5.41) is 14.1. The highest BCUT2D eigenvalue weighted by Crippen LogP contribution is 2.11. The first-order valence-electron chi connectivity index (χ1n) is 6.56. The van der Waals surface area contributed by atoms with Gasteiger partial charge in [0.05, 0.1) is 0 Å². The number of aliphatic carboxylic acids is 1. The molecule has 0 aliphatic carbocycles. The first-order chi connectivity index (χ1) is 10.0. The van der Waals surface area contributed by atoms with Crippen LogP contribution in [0.2, 0.25) is 0 Å². The molecule has 1 atom stereocenters. The van der Waals surface area contributed by atoms with Crippen molar-refractivity contribution in [3.8, 4) is 0 Å². The molecule has 114 valence electrons. The molecule has 2 amide bonds. The van der Waals surface area contributed by atoms with E-state index in [1.165, 1.54) is 6.08 Å². The molecular weight excluding hydrogens is 288 g/mol. The predicted molar refractivity (Wildman–Crippen MR) is 87.7 cm³/mol. The average molecular weight is 308 g/mol. The lowest BCUT2D eigenvalue weighted by Crippen LogP contribution is -2.32. The van der Waals surface area contributed by atoms with E-state index in [4.69, 9.17) is 5.11 Å². The van der Waals surface area contributed by atoms with Gasteiger partial charge >= 0.3 is 12.0 Å². The van der Waals surface area contributed by atoms with E-state index >= 15 is 0 Å². The van der Waals surface area contributed by atoms with Gasteiger partial charge in [-0.3, -0.25) is 0 Å². The van der Waals surface area contributed by atoms with Crippen molar-refractivity contribution in [3.63, 3.8) is 0 Å². The van der Waals surface area contributed by atoms with Gasteiger partial charge in [0.1, 0.15) is 0 Å². The molecule has 5 nitrogen and oxygen atoms in total. The van der Waals surface area contributed by atoms with E-state index in [-0.39, 0.29) is 6.03 Å². The summed E-state index contributed by atoms with van der Waals surface area (Å²) in [4.78, 5) is 22.1. The molecule has 0 saturated heterocycles. The number of carbonyl (C=O) groups is 2. The van der Waals surface area contributed by atoms with Crippen molar-refractivity contribution in [1.29, 1.82) is 0 Å². The van der Waals surface area contributed by atoms with Crippen LogP contribution < -0.4 is 10.6 Å². The lowest BCUT2D eigenvalue weighted by atomic mass is 10.2. The quantitative estimate of drug-likeness (QED) is 0.677. The van der Waals surface area contributed by atoms with Gasteiger partial charge in [-0.25, -0.2) is 9.59 Å². The fourth-order valence-electron chi connectivity index (χ4n) is 1.63. The topological polar surface area (TPSA) is 78.4 Å². The number of thioether (sulfide) groups is 1. The van der Waals surface area contributed by atoms with Gasteiger partial charge in [-0.15, -0.1) is 0 Å². The Morgan fingerprint density at radius 2 is 2.00 bits per heavy atom. The van der Waals surface area contributed by atoms with Crippen LogP contribution in [0.4, 0.5) is 10.5 Å². The Labute approximate surface area is 128 Å². The molecule has 0 spiro atoms. The molecule has 0 heterocycles. The van der Waals surface area contributed by atoms with E-state index in [1.54, 1.807) is 36.0 Å². The number of amides is 2. The highest BCUT2D eigenvalue weighted by molar-refractivity contribution is 7.98.